The van der Waals surface area contributed by atoms with Crippen LogP contribution in [0.15, 0.2) is 48.5 Å². The molecule has 1 N–H and O–H groups in total. The molecule has 0 aromatic heterocycles. The Labute approximate surface area is 161 Å². The molecule has 27 heavy (non-hydrogen) atoms. The molecule has 2 amide bonds. The van der Waals surface area contributed by atoms with Crippen molar-refractivity contribution in [3.63, 3.8) is 0 Å². The summed E-state index contributed by atoms with van der Waals surface area (Å²) in [6.45, 7) is 5.62. The summed E-state index contributed by atoms with van der Waals surface area (Å²) in [5.74, 6) is 0.179. The highest BCUT2D eigenvalue weighted by molar-refractivity contribution is 5.94. The van der Waals surface area contributed by atoms with Gasteiger partial charge >= 0.3 is 0 Å². The van der Waals surface area contributed by atoms with Gasteiger partial charge in [0, 0.05) is 31.1 Å². The SMILES string of the molecule is Cc1ccc(CCC(=O)N2CCC(NC(=O)c3ccccc3)CC2)c(C)c1. The van der Waals surface area contributed by atoms with Crippen molar-refractivity contribution >= 4 is 11.8 Å². The van der Waals surface area contributed by atoms with E-state index in [0.717, 1.165) is 19.3 Å². The van der Waals surface area contributed by atoms with Gasteiger partial charge in [0.2, 0.25) is 5.91 Å². The number of benzene rings is 2. The van der Waals surface area contributed by atoms with Gasteiger partial charge in [0.25, 0.3) is 5.91 Å². The molecule has 1 fully saturated rings. The largest absolute Gasteiger partial charge is 0.349 e. The van der Waals surface area contributed by atoms with Gasteiger partial charge in [0.15, 0.2) is 0 Å². The van der Waals surface area contributed by atoms with E-state index < -0.39 is 0 Å². The molecule has 142 valence electrons. The van der Waals surface area contributed by atoms with E-state index in [1.165, 1.54) is 16.7 Å². The maximum absolute atomic E-state index is 12.5. The number of hydrogen-bond donors (Lipinski definition) is 1. The van der Waals surface area contributed by atoms with Gasteiger partial charge in [-0.15, -0.1) is 0 Å². The zero-order chi connectivity index (χ0) is 19.2. The number of piperidine rings is 1. The Morgan fingerprint density at radius 3 is 2.41 bits per heavy atom. The second-order valence-corrected chi connectivity index (χ2v) is 7.42. The van der Waals surface area contributed by atoms with Crippen molar-refractivity contribution in [1.82, 2.24) is 10.2 Å². The number of nitrogens with zero attached hydrogens (tertiary/aromatic N) is 1. The monoisotopic (exact) mass is 364 g/mol. The Kier molecular flexibility index (Phi) is 6.28. The van der Waals surface area contributed by atoms with E-state index in [0.29, 0.717) is 25.1 Å². The lowest BCUT2D eigenvalue weighted by molar-refractivity contribution is -0.132. The minimum atomic E-state index is -0.0322. The average molecular weight is 364 g/mol. The summed E-state index contributed by atoms with van der Waals surface area (Å²) in [6.07, 6.45) is 2.96. The number of carbonyl (C=O) groups is 2. The first-order valence-corrected chi connectivity index (χ1v) is 9.73. The van der Waals surface area contributed by atoms with Crippen molar-refractivity contribution in [3.8, 4) is 0 Å². The Morgan fingerprint density at radius 2 is 1.74 bits per heavy atom. The van der Waals surface area contributed by atoms with Crippen LogP contribution < -0.4 is 5.32 Å². The van der Waals surface area contributed by atoms with Crippen molar-refractivity contribution in [2.75, 3.05) is 13.1 Å². The highest BCUT2D eigenvalue weighted by Gasteiger charge is 2.24. The number of hydrogen-bond acceptors (Lipinski definition) is 2. The van der Waals surface area contributed by atoms with Gasteiger partial charge in [0.1, 0.15) is 0 Å². The maximum Gasteiger partial charge on any atom is 0.251 e. The van der Waals surface area contributed by atoms with E-state index in [1.807, 2.05) is 35.2 Å². The first kappa shape index (κ1) is 19.2. The zero-order valence-electron chi connectivity index (χ0n) is 16.2. The molecule has 2 aromatic rings. The molecule has 0 spiro atoms. The quantitative estimate of drug-likeness (QED) is 0.880. The van der Waals surface area contributed by atoms with Crippen LogP contribution in [-0.4, -0.2) is 35.8 Å². The van der Waals surface area contributed by atoms with Crippen LogP contribution in [0.1, 0.15) is 46.3 Å². The number of aryl methyl sites for hydroxylation is 3. The lowest BCUT2D eigenvalue weighted by atomic mass is 10.00. The van der Waals surface area contributed by atoms with Crippen LogP contribution in [0, 0.1) is 13.8 Å². The standard InChI is InChI=1S/C23H28N2O2/c1-17-8-9-19(18(2)16-17)10-11-22(26)25-14-12-21(13-15-25)24-23(27)20-6-4-3-5-7-20/h3-9,16,21H,10-15H2,1-2H3,(H,24,27). The molecule has 1 aliphatic heterocycles. The predicted octanol–water partition coefficient (Wildman–Crippen LogP) is 3.66. The van der Waals surface area contributed by atoms with Crippen molar-refractivity contribution in [3.05, 3.63) is 70.8 Å². The average Bonchev–Trinajstić information content (AvgIpc) is 2.68. The zero-order valence-corrected chi connectivity index (χ0v) is 16.2. The minimum absolute atomic E-state index is 0.0322. The normalized spacial score (nSPS) is 14.8. The van der Waals surface area contributed by atoms with Crippen LogP contribution in [0.25, 0.3) is 0 Å². The molecule has 1 heterocycles. The maximum atomic E-state index is 12.5. The van der Waals surface area contributed by atoms with Gasteiger partial charge in [-0.2, -0.15) is 0 Å². The number of amides is 2. The van der Waals surface area contributed by atoms with Crippen LogP contribution in [0.5, 0.6) is 0 Å². The Morgan fingerprint density at radius 1 is 1.04 bits per heavy atom. The lowest BCUT2D eigenvalue weighted by Crippen LogP contribution is -2.46. The fraction of sp³-hybridized carbons (Fsp3) is 0.391. The van der Waals surface area contributed by atoms with Crippen molar-refractivity contribution in [1.29, 1.82) is 0 Å². The van der Waals surface area contributed by atoms with Crippen LogP contribution in [0.4, 0.5) is 0 Å². The highest BCUT2D eigenvalue weighted by Crippen LogP contribution is 2.16. The smallest absolute Gasteiger partial charge is 0.251 e. The fourth-order valence-electron chi connectivity index (χ4n) is 3.66. The summed E-state index contributed by atoms with van der Waals surface area (Å²) in [5.41, 5.74) is 4.44. The van der Waals surface area contributed by atoms with Gasteiger partial charge in [-0.05, 0) is 56.4 Å². The van der Waals surface area contributed by atoms with Crippen LogP contribution in [0.3, 0.4) is 0 Å². The van der Waals surface area contributed by atoms with Gasteiger partial charge in [-0.1, -0.05) is 42.0 Å². The summed E-state index contributed by atoms with van der Waals surface area (Å²) in [4.78, 5) is 26.7. The molecule has 4 heteroatoms. The number of rotatable bonds is 5. The lowest BCUT2D eigenvalue weighted by Gasteiger charge is -2.32. The summed E-state index contributed by atoms with van der Waals surface area (Å²) < 4.78 is 0. The Balaban J connectivity index is 1.44. The number of likely N-dealkylation sites (tertiary alicyclic amines) is 1. The molecule has 0 bridgehead atoms. The van der Waals surface area contributed by atoms with Crippen LogP contribution >= 0.6 is 0 Å². The molecule has 2 aromatic carbocycles. The first-order chi connectivity index (χ1) is 13.0. The molecule has 0 unspecified atom stereocenters. The summed E-state index contributed by atoms with van der Waals surface area (Å²) in [6, 6.07) is 15.8. The third kappa shape index (κ3) is 5.19. The minimum Gasteiger partial charge on any atom is -0.349 e. The molecular weight excluding hydrogens is 336 g/mol. The van der Waals surface area contributed by atoms with E-state index in [-0.39, 0.29) is 17.9 Å². The summed E-state index contributed by atoms with van der Waals surface area (Å²) in [7, 11) is 0. The second-order valence-electron chi connectivity index (χ2n) is 7.42. The molecule has 0 aliphatic carbocycles. The third-order valence-corrected chi connectivity index (χ3v) is 5.33. The molecule has 0 saturated carbocycles. The molecule has 4 nitrogen and oxygen atoms in total. The molecule has 0 radical (unpaired) electrons. The first-order valence-electron chi connectivity index (χ1n) is 9.73. The van der Waals surface area contributed by atoms with Gasteiger partial charge in [-0.25, -0.2) is 0 Å². The summed E-state index contributed by atoms with van der Waals surface area (Å²) >= 11 is 0. The Hall–Kier alpha value is -2.62. The number of nitrogens with one attached hydrogen (secondary N) is 1. The van der Waals surface area contributed by atoms with E-state index >= 15 is 0 Å². The van der Waals surface area contributed by atoms with Crippen molar-refractivity contribution in [2.24, 2.45) is 0 Å². The predicted molar refractivity (Wildman–Crippen MR) is 108 cm³/mol. The number of carbonyl (C=O) groups excluding carboxylic acids is 2. The molecule has 0 atom stereocenters. The molecule has 1 aliphatic rings. The van der Waals surface area contributed by atoms with Gasteiger partial charge in [0.05, 0.1) is 0 Å². The topological polar surface area (TPSA) is 49.4 Å². The van der Waals surface area contributed by atoms with E-state index in [4.69, 9.17) is 0 Å². The van der Waals surface area contributed by atoms with Crippen LogP contribution in [0.2, 0.25) is 0 Å². The second kappa shape index (κ2) is 8.85. The molecular formula is C23H28N2O2. The van der Waals surface area contributed by atoms with E-state index in [9.17, 15) is 9.59 Å². The molecule has 1 saturated heterocycles. The molecule has 3 rings (SSSR count). The summed E-state index contributed by atoms with van der Waals surface area (Å²) in [5, 5.41) is 3.09. The third-order valence-electron chi connectivity index (χ3n) is 5.33. The van der Waals surface area contributed by atoms with Crippen molar-refractivity contribution in [2.45, 2.75) is 45.6 Å². The van der Waals surface area contributed by atoms with Crippen molar-refractivity contribution < 1.29 is 9.59 Å². The van der Waals surface area contributed by atoms with Gasteiger partial charge < -0.3 is 10.2 Å². The fourth-order valence-corrected chi connectivity index (χ4v) is 3.66. The Bertz CT molecular complexity index is 793. The van der Waals surface area contributed by atoms with Crippen LogP contribution in [-0.2, 0) is 11.2 Å². The van der Waals surface area contributed by atoms with Gasteiger partial charge in [-0.3, -0.25) is 9.59 Å². The van der Waals surface area contributed by atoms with E-state index in [2.05, 4.69) is 37.4 Å². The van der Waals surface area contributed by atoms with E-state index in [1.54, 1.807) is 0 Å². The highest BCUT2D eigenvalue weighted by atomic mass is 16.2.